The molecule has 1 heterocycles. The summed E-state index contributed by atoms with van der Waals surface area (Å²) in [4.78, 5) is 11.2. The molecule has 3 aromatic carbocycles. The number of halogens is 2. The average molecular weight is 543 g/mol. The Kier molecular flexibility index (Phi) is 8.30. The van der Waals surface area contributed by atoms with Crippen molar-refractivity contribution in [1.29, 1.82) is 0 Å². The van der Waals surface area contributed by atoms with Gasteiger partial charge in [0.25, 0.3) is 0 Å². The Morgan fingerprint density at radius 2 is 1.86 bits per heavy atom. The molecule has 8 nitrogen and oxygen atoms in total. The second kappa shape index (κ2) is 11.6. The maximum atomic E-state index is 14.0. The van der Waals surface area contributed by atoms with E-state index in [2.05, 4.69) is 10.2 Å². The molecule has 4 rings (SSSR count). The third-order valence-electron chi connectivity index (χ3n) is 5.60. The minimum absolute atomic E-state index is 0.0614. The summed E-state index contributed by atoms with van der Waals surface area (Å²) in [7, 11) is 1.44. The van der Waals surface area contributed by atoms with Crippen LogP contribution in [0.25, 0.3) is 5.69 Å². The third-order valence-corrected chi connectivity index (χ3v) is 7.06. The van der Waals surface area contributed by atoms with Crippen molar-refractivity contribution in [2.24, 2.45) is 0 Å². The number of benzene rings is 3. The summed E-state index contributed by atoms with van der Waals surface area (Å²) in [6.45, 7) is 3.36. The first-order valence-corrected chi connectivity index (χ1v) is 12.5. The molecule has 4 aromatic rings. The average Bonchev–Trinajstić information content (AvgIpc) is 3.23. The highest BCUT2D eigenvalue weighted by atomic mass is 35.5. The van der Waals surface area contributed by atoms with Gasteiger partial charge in [0, 0.05) is 16.2 Å². The Morgan fingerprint density at radius 3 is 2.54 bits per heavy atom. The van der Waals surface area contributed by atoms with Crippen molar-refractivity contribution in [1.82, 2.24) is 14.8 Å². The van der Waals surface area contributed by atoms with Gasteiger partial charge in [-0.3, -0.25) is 14.7 Å². The molecule has 0 unspecified atom stereocenters. The highest BCUT2D eigenvalue weighted by molar-refractivity contribution is 7.99. The van der Waals surface area contributed by atoms with E-state index >= 15 is 0 Å². The first kappa shape index (κ1) is 26.4. The first-order chi connectivity index (χ1) is 17.8. The summed E-state index contributed by atoms with van der Waals surface area (Å²) in [5, 5.41) is 20.1. The van der Waals surface area contributed by atoms with Gasteiger partial charge in [-0.15, -0.1) is 10.2 Å². The molecule has 1 aromatic heterocycles. The molecule has 0 aliphatic heterocycles. The fourth-order valence-electron chi connectivity index (χ4n) is 3.71. The van der Waals surface area contributed by atoms with E-state index in [-0.39, 0.29) is 34.6 Å². The molecule has 11 heteroatoms. The van der Waals surface area contributed by atoms with Crippen LogP contribution in [0, 0.1) is 29.8 Å². The van der Waals surface area contributed by atoms with Gasteiger partial charge in [-0.2, -0.15) is 0 Å². The molecule has 0 bridgehead atoms. The lowest BCUT2D eigenvalue weighted by atomic mass is 10.1. The number of hydrogen-bond donors (Lipinski definition) is 0. The summed E-state index contributed by atoms with van der Waals surface area (Å²) in [6.07, 6.45) is 0. The second-order valence-corrected chi connectivity index (χ2v) is 9.81. The molecule has 192 valence electrons. The van der Waals surface area contributed by atoms with Crippen LogP contribution in [0.1, 0.15) is 27.8 Å². The van der Waals surface area contributed by atoms with E-state index in [1.807, 2.05) is 42.7 Å². The van der Waals surface area contributed by atoms with Crippen LogP contribution in [0.3, 0.4) is 0 Å². The minimum Gasteiger partial charge on any atom is -0.493 e. The number of ether oxygens (including phenoxy) is 2. The molecule has 0 spiro atoms. The SMILES string of the molecule is COc1cc([C@@H](C[N+](=O)[O-])Sc2nnc(C)n2-c2ccc(C)cc2)cc(Cl)c1OCc1ccccc1F. The summed E-state index contributed by atoms with van der Waals surface area (Å²) in [6, 6.07) is 17.3. The van der Waals surface area contributed by atoms with E-state index in [1.54, 1.807) is 30.3 Å². The third kappa shape index (κ3) is 6.20. The quantitative estimate of drug-likeness (QED) is 0.130. The number of rotatable bonds is 10. The van der Waals surface area contributed by atoms with E-state index < -0.39 is 11.1 Å². The lowest BCUT2D eigenvalue weighted by Gasteiger charge is -2.18. The van der Waals surface area contributed by atoms with Gasteiger partial charge in [0.2, 0.25) is 6.54 Å². The number of nitrogens with zero attached hydrogens (tertiary/aromatic N) is 4. The monoisotopic (exact) mass is 542 g/mol. The maximum Gasteiger partial charge on any atom is 0.220 e. The number of hydrogen-bond acceptors (Lipinski definition) is 7. The molecule has 0 aliphatic rings. The van der Waals surface area contributed by atoms with Crippen molar-refractivity contribution in [3.8, 4) is 17.2 Å². The maximum absolute atomic E-state index is 14.0. The predicted octanol–water partition coefficient (Wildman–Crippen LogP) is 6.37. The summed E-state index contributed by atoms with van der Waals surface area (Å²) >= 11 is 7.74. The van der Waals surface area contributed by atoms with Gasteiger partial charge in [-0.25, -0.2) is 4.39 Å². The van der Waals surface area contributed by atoms with Crippen molar-refractivity contribution in [3.05, 3.63) is 104 Å². The van der Waals surface area contributed by atoms with E-state index in [1.165, 1.54) is 24.9 Å². The van der Waals surface area contributed by atoms with E-state index in [0.717, 1.165) is 11.3 Å². The molecule has 37 heavy (non-hydrogen) atoms. The zero-order valence-corrected chi connectivity index (χ0v) is 21.9. The normalized spacial score (nSPS) is 11.8. The second-order valence-electron chi connectivity index (χ2n) is 8.24. The van der Waals surface area contributed by atoms with Gasteiger partial charge in [0.15, 0.2) is 16.7 Å². The highest BCUT2D eigenvalue weighted by Crippen LogP contribution is 2.43. The molecule has 0 saturated heterocycles. The number of aryl methyl sites for hydroxylation is 2. The van der Waals surface area contributed by atoms with Crippen LogP contribution in [-0.2, 0) is 6.61 Å². The van der Waals surface area contributed by atoms with Gasteiger partial charge in [-0.1, -0.05) is 59.3 Å². The predicted molar refractivity (Wildman–Crippen MR) is 140 cm³/mol. The topological polar surface area (TPSA) is 92.3 Å². The Balaban J connectivity index is 1.66. The van der Waals surface area contributed by atoms with Crippen LogP contribution in [0.2, 0.25) is 5.02 Å². The molecular formula is C26H24ClFN4O4S. The zero-order chi connectivity index (χ0) is 26.5. The van der Waals surface area contributed by atoms with Crippen molar-refractivity contribution < 1.29 is 18.8 Å². The molecule has 0 saturated carbocycles. The Hall–Kier alpha value is -3.63. The van der Waals surface area contributed by atoms with Crippen molar-refractivity contribution in [2.75, 3.05) is 13.7 Å². The van der Waals surface area contributed by atoms with Crippen LogP contribution in [-0.4, -0.2) is 33.3 Å². The van der Waals surface area contributed by atoms with E-state index in [4.69, 9.17) is 21.1 Å². The molecular weight excluding hydrogens is 519 g/mol. The minimum atomic E-state index is -0.658. The van der Waals surface area contributed by atoms with Crippen LogP contribution in [0.5, 0.6) is 11.5 Å². The van der Waals surface area contributed by atoms with Crippen LogP contribution in [0.4, 0.5) is 4.39 Å². The molecule has 0 amide bonds. The number of nitro groups is 1. The standard InChI is InChI=1S/C26H24ClFN4O4S/c1-16-8-10-20(11-9-16)32-17(2)29-30-26(32)37-24(14-31(33)34)19-12-21(27)25(23(13-19)35-3)36-15-18-6-4-5-7-22(18)28/h4-13,24H,14-15H2,1-3H3/t24-/m1/s1. The Labute approximate surface area is 222 Å². The zero-order valence-electron chi connectivity index (χ0n) is 20.4. The lowest BCUT2D eigenvalue weighted by molar-refractivity contribution is -0.479. The Morgan fingerprint density at radius 1 is 1.14 bits per heavy atom. The molecule has 0 radical (unpaired) electrons. The summed E-state index contributed by atoms with van der Waals surface area (Å²) in [5.41, 5.74) is 2.87. The van der Waals surface area contributed by atoms with E-state index in [0.29, 0.717) is 22.1 Å². The van der Waals surface area contributed by atoms with Crippen molar-refractivity contribution >= 4 is 23.4 Å². The number of methoxy groups -OCH3 is 1. The fourth-order valence-corrected chi connectivity index (χ4v) is 5.14. The van der Waals surface area contributed by atoms with Crippen LogP contribution < -0.4 is 9.47 Å². The lowest BCUT2D eigenvalue weighted by Crippen LogP contribution is -2.12. The smallest absolute Gasteiger partial charge is 0.220 e. The molecule has 0 aliphatic carbocycles. The number of aromatic nitrogens is 3. The van der Waals surface area contributed by atoms with Gasteiger partial charge in [0.1, 0.15) is 23.5 Å². The van der Waals surface area contributed by atoms with Gasteiger partial charge >= 0.3 is 0 Å². The molecule has 0 N–H and O–H groups in total. The fraction of sp³-hybridized carbons (Fsp3) is 0.231. The number of thioether (sulfide) groups is 1. The molecule has 0 fully saturated rings. The van der Waals surface area contributed by atoms with Crippen molar-refractivity contribution in [2.45, 2.75) is 30.9 Å². The largest absolute Gasteiger partial charge is 0.493 e. The van der Waals surface area contributed by atoms with Gasteiger partial charge in [0.05, 0.1) is 12.1 Å². The van der Waals surface area contributed by atoms with Crippen LogP contribution in [0.15, 0.2) is 65.8 Å². The first-order valence-electron chi connectivity index (χ1n) is 11.3. The Bertz CT molecular complexity index is 1410. The van der Waals surface area contributed by atoms with Gasteiger partial charge in [-0.05, 0) is 49.7 Å². The summed E-state index contributed by atoms with van der Waals surface area (Å²) < 4.78 is 27.1. The highest BCUT2D eigenvalue weighted by Gasteiger charge is 2.26. The van der Waals surface area contributed by atoms with E-state index in [9.17, 15) is 14.5 Å². The molecule has 1 atom stereocenters. The van der Waals surface area contributed by atoms with Gasteiger partial charge < -0.3 is 9.47 Å². The van der Waals surface area contributed by atoms with Crippen molar-refractivity contribution in [3.63, 3.8) is 0 Å². The van der Waals surface area contributed by atoms with Crippen LogP contribution >= 0.6 is 23.4 Å². The summed E-state index contributed by atoms with van der Waals surface area (Å²) in [5.74, 6) is 0.756.